The molecule has 0 spiro atoms. The maximum absolute atomic E-state index is 11.4. The fourth-order valence-electron chi connectivity index (χ4n) is 0.714. The summed E-state index contributed by atoms with van der Waals surface area (Å²) < 4.78 is 24.2. The number of rotatable bonds is 3. The number of sulfonamides is 1. The highest BCUT2D eigenvalue weighted by molar-refractivity contribution is 7.89. The number of nitrogens with two attached hydrogens (primary N) is 1. The quantitative estimate of drug-likeness (QED) is 0.433. The molecule has 1 aromatic rings. The molecule has 0 aliphatic carbocycles. The summed E-state index contributed by atoms with van der Waals surface area (Å²) in [6.07, 6.45) is 2.56. The average Bonchev–Trinajstić information content (AvgIpc) is 2.49. The summed E-state index contributed by atoms with van der Waals surface area (Å²) in [5.41, 5.74) is 7.18. The number of nitrogens with one attached hydrogen (secondary N) is 2. The Bertz CT molecular complexity index is 437. The molecular weight excluding hydrogens is 226 g/mol. The van der Waals surface area contributed by atoms with Crippen molar-refractivity contribution >= 4 is 27.4 Å². The largest absolute Gasteiger partial charge is 0.375 e. The Hall–Kier alpha value is -1.19. The van der Waals surface area contributed by atoms with Gasteiger partial charge in [0.05, 0.1) is 6.20 Å². The van der Waals surface area contributed by atoms with E-state index in [2.05, 4.69) is 22.7 Å². The van der Waals surface area contributed by atoms with Crippen LogP contribution in [0.15, 0.2) is 17.3 Å². The van der Waals surface area contributed by atoms with Gasteiger partial charge in [0.25, 0.3) is 10.0 Å². The minimum atomic E-state index is -3.65. The van der Waals surface area contributed by atoms with Crippen LogP contribution < -0.4 is 16.0 Å². The van der Waals surface area contributed by atoms with E-state index in [1.165, 1.54) is 17.1 Å². The van der Waals surface area contributed by atoms with Gasteiger partial charge in [-0.05, 0) is 12.2 Å². The van der Waals surface area contributed by atoms with E-state index in [-0.39, 0.29) is 10.0 Å². The van der Waals surface area contributed by atoms with Crippen molar-refractivity contribution < 1.29 is 8.42 Å². The molecule has 0 radical (unpaired) electrons. The first-order valence-electron chi connectivity index (χ1n) is 3.48. The Balaban J connectivity index is 2.81. The Labute approximate surface area is 86.3 Å². The van der Waals surface area contributed by atoms with Crippen molar-refractivity contribution in [2.75, 3.05) is 0 Å². The molecule has 1 rings (SSSR count). The van der Waals surface area contributed by atoms with Crippen LogP contribution in [0.1, 0.15) is 0 Å². The SMILES string of the molecule is Cn1cc(S(=O)(=O)NNC(N)=S)cn1. The van der Waals surface area contributed by atoms with Gasteiger partial charge < -0.3 is 5.73 Å². The smallest absolute Gasteiger partial charge is 0.260 e. The zero-order chi connectivity index (χ0) is 10.8. The third-order valence-electron chi connectivity index (χ3n) is 1.30. The standard InChI is InChI=1S/C5H9N5O2S2/c1-10-3-4(2-7-10)14(11,12)9-8-5(6)13/h2-3,9H,1H3,(H3,6,8,13). The minimum absolute atomic E-state index is 0.0313. The van der Waals surface area contributed by atoms with Crippen LogP contribution in [0.5, 0.6) is 0 Å². The Morgan fingerprint density at radius 3 is 2.79 bits per heavy atom. The van der Waals surface area contributed by atoms with Crippen molar-refractivity contribution in [1.82, 2.24) is 20.0 Å². The molecule has 1 heterocycles. The highest BCUT2D eigenvalue weighted by atomic mass is 32.2. The van der Waals surface area contributed by atoms with E-state index in [4.69, 9.17) is 5.73 Å². The second-order valence-corrected chi connectivity index (χ2v) is 4.57. The van der Waals surface area contributed by atoms with Crippen LogP contribution in [0.3, 0.4) is 0 Å². The molecule has 78 valence electrons. The first-order valence-corrected chi connectivity index (χ1v) is 5.37. The van der Waals surface area contributed by atoms with Crippen molar-refractivity contribution in [2.45, 2.75) is 4.90 Å². The van der Waals surface area contributed by atoms with Gasteiger partial charge in [-0.2, -0.15) is 5.10 Å². The minimum Gasteiger partial charge on any atom is -0.375 e. The Kier molecular flexibility index (Phi) is 3.03. The zero-order valence-electron chi connectivity index (χ0n) is 7.26. The van der Waals surface area contributed by atoms with E-state index < -0.39 is 10.0 Å². The van der Waals surface area contributed by atoms with Crippen molar-refractivity contribution in [2.24, 2.45) is 12.8 Å². The fraction of sp³-hybridized carbons (Fsp3) is 0.200. The molecule has 0 unspecified atom stereocenters. The molecule has 0 aromatic carbocycles. The van der Waals surface area contributed by atoms with Crippen LogP contribution >= 0.6 is 12.2 Å². The van der Waals surface area contributed by atoms with Crippen molar-refractivity contribution in [3.63, 3.8) is 0 Å². The molecule has 9 heteroatoms. The predicted octanol–water partition coefficient (Wildman–Crippen LogP) is -1.55. The number of hydrogen-bond acceptors (Lipinski definition) is 4. The zero-order valence-corrected chi connectivity index (χ0v) is 8.89. The first kappa shape index (κ1) is 10.9. The average molecular weight is 235 g/mol. The molecule has 7 nitrogen and oxygen atoms in total. The molecule has 0 aliphatic heterocycles. The van der Waals surface area contributed by atoms with E-state index in [0.717, 1.165) is 0 Å². The van der Waals surface area contributed by atoms with Crippen molar-refractivity contribution in [3.8, 4) is 0 Å². The van der Waals surface area contributed by atoms with E-state index >= 15 is 0 Å². The van der Waals surface area contributed by atoms with Gasteiger partial charge in [0, 0.05) is 13.2 Å². The molecule has 0 saturated heterocycles. The predicted molar refractivity (Wildman–Crippen MR) is 53.5 cm³/mol. The molecular formula is C5H9N5O2S2. The van der Waals surface area contributed by atoms with Crippen LogP contribution in [-0.4, -0.2) is 23.3 Å². The Morgan fingerprint density at radius 1 is 1.71 bits per heavy atom. The summed E-state index contributed by atoms with van der Waals surface area (Å²) in [6.45, 7) is 0. The maximum Gasteiger partial charge on any atom is 0.260 e. The lowest BCUT2D eigenvalue weighted by Crippen LogP contribution is -2.44. The lowest BCUT2D eigenvalue weighted by Gasteiger charge is -2.04. The number of thiocarbonyl (C=S) groups is 1. The third kappa shape index (κ3) is 2.65. The van der Waals surface area contributed by atoms with E-state index in [1.807, 2.05) is 4.83 Å². The summed E-state index contributed by atoms with van der Waals surface area (Å²) in [4.78, 5) is 2.02. The third-order valence-corrected chi connectivity index (χ3v) is 2.60. The van der Waals surface area contributed by atoms with Gasteiger partial charge >= 0.3 is 0 Å². The van der Waals surface area contributed by atoms with E-state index in [9.17, 15) is 8.42 Å². The van der Waals surface area contributed by atoms with Gasteiger partial charge in [-0.1, -0.05) is 0 Å². The molecule has 0 atom stereocenters. The number of aryl methyl sites for hydroxylation is 1. The number of nitrogens with zero attached hydrogens (tertiary/aromatic N) is 2. The molecule has 0 aliphatic rings. The van der Waals surface area contributed by atoms with Crippen molar-refractivity contribution in [1.29, 1.82) is 0 Å². The Morgan fingerprint density at radius 2 is 2.36 bits per heavy atom. The van der Waals surface area contributed by atoms with E-state index in [0.29, 0.717) is 0 Å². The van der Waals surface area contributed by atoms with Gasteiger partial charge in [0.2, 0.25) is 0 Å². The number of aromatic nitrogens is 2. The maximum atomic E-state index is 11.4. The second kappa shape index (κ2) is 3.90. The molecule has 0 bridgehead atoms. The summed E-state index contributed by atoms with van der Waals surface area (Å²) in [7, 11) is -2.04. The van der Waals surface area contributed by atoms with Gasteiger partial charge in [0.15, 0.2) is 5.11 Å². The van der Waals surface area contributed by atoms with Gasteiger partial charge in [-0.15, -0.1) is 4.83 Å². The van der Waals surface area contributed by atoms with Crippen LogP contribution in [0.4, 0.5) is 0 Å². The summed E-state index contributed by atoms with van der Waals surface area (Å²) >= 11 is 4.44. The highest BCUT2D eigenvalue weighted by Gasteiger charge is 2.15. The molecule has 0 amide bonds. The van der Waals surface area contributed by atoms with Gasteiger partial charge in [-0.25, -0.2) is 8.42 Å². The summed E-state index contributed by atoms with van der Waals surface area (Å²) in [5, 5.41) is 3.56. The highest BCUT2D eigenvalue weighted by Crippen LogP contribution is 2.04. The fourth-order valence-corrected chi connectivity index (χ4v) is 1.67. The lowest BCUT2D eigenvalue weighted by molar-refractivity contribution is 0.577. The van der Waals surface area contributed by atoms with Gasteiger partial charge in [0.1, 0.15) is 4.90 Å². The topological polar surface area (TPSA) is 102 Å². The molecule has 4 N–H and O–H groups in total. The van der Waals surface area contributed by atoms with Crippen LogP contribution in [0, 0.1) is 0 Å². The van der Waals surface area contributed by atoms with Crippen molar-refractivity contribution in [3.05, 3.63) is 12.4 Å². The molecule has 14 heavy (non-hydrogen) atoms. The molecule has 0 fully saturated rings. The number of hydrazine groups is 1. The lowest BCUT2D eigenvalue weighted by atomic mass is 10.7. The number of hydrogen-bond donors (Lipinski definition) is 3. The normalized spacial score (nSPS) is 11.2. The summed E-state index contributed by atoms with van der Waals surface area (Å²) in [6, 6.07) is 0. The van der Waals surface area contributed by atoms with Crippen LogP contribution in [0.25, 0.3) is 0 Å². The monoisotopic (exact) mass is 235 g/mol. The van der Waals surface area contributed by atoms with Gasteiger partial charge in [-0.3, -0.25) is 10.1 Å². The van der Waals surface area contributed by atoms with Crippen LogP contribution in [-0.2, 0) is 17.1 Å². The molecule has 0 saturated carbocycles. The van der Waals surface area contributed by atoms with Crippen LogP contribution in [0.2, 0.25) is 0 Å². The van der Waals surface area contributed by atoms with E-state index in [1.54, 1.807) is 7.05 Å². The second-order valence-electron chi connectivity index (χ2n) is 2.44. The first-order chi connectivity index (χ1) is 6.42. The molecule has 1 aromatic heterocycles. The summed E-state index contributed by atoms with van der Waals surface area (Å²) in [5.74, 6) is 0.